The zero-order valence-electron chi connectivity index (χ0n) is 12.8. The van der Waals surface area contributed by atoms with E-state index in [1.165, 1.54) is 4.90 Å². The lowest BCUT2D eigenvalue weighted by Crippen LogP contribution is -2.31. The van der Waals surface area contributed by atoms with Crippen LogP contribution in [0.5, 0.6) is 0 Å². The van der Waals surface area contributed by atoms with Crippen LogP contribution in [0.2, 0.25) is 0 Å². The highest BCUT2D eigenvalue weighted by Crippen LogP contribution is 2.08. The lowest BCUT2D eigenvalue weighted by molar-refractivity contribution is 0.0787. The number of nitrogens with zero attached hydrogens (tertiary/aromatic N) is 4. The molecule has 0 unspecified atom stereocenters. The standard InChI is InChI=1S/C16H19N5O/c1-5-7-20(8-6-2)16(22)15-10-14(17-18-15)11-21-13(4)9-12(3)19-21/h1,6,9-10H,2,7-8,11H2,3-4H3,(H,17,18). The summed E-state index contributed by atoms with van der Waals surface area (Å²) in [4.78, 5) is 13.8. The first kappa shape index (κ1) is 15.6. The Morgan fingerprint density at radius 2 is 2.32 bits per heavy atom. The molecule has 0 saturated heterocycles. The van der Waals surface area contributed by atoms with Crippen molar-refractivity contribution in [3.63, 3.8) is 0 Å². The lowest BCUT2D eigenvalue weighted by Gasteiger charge is -2.16. The van der Waals surface area contributed by atoms with E-state index in [0.717, 1.165) is 17.1 Å². The second-order valence-electron chi connectivity index (χ2n) is 5.04. The van der Waals surface area contributed by atoms with Crippen LogP contribution >= 0.6 is 0 Å². The molecule has 2 rings (SSSR count). The predicted octanol–water partition coefficient (Wildman–Crippen LogP) is 1.53. The van der Waals surface area contributed by atoms with Gasteiger partial charge in [0.25, 0.3) is 5.91 Å². The Kier molecular flexibility index (Phi) is 4.79. The summed E-state index contributed by atoms with van der Waals surface area (Å²) in [5.41, 5.74) is 3.17. The molecule has 0 aliphatic carbocycles. The number of nitrogens with one attached hydrogen (secondary N) is 1. The van der Waals surface area contributed by atoms with Crippen LogP contribution in [0.1, 0.15) is 27.6 Å². The van der Waals surface area contributed by atoms with Gasteiger partial charge in [-0.05, 0) is 26.0 Å². The van der Waals surface area contributed by atoms with Gasteiger partial charge in [-0.1, -0.05) is 12.0 Å². The molecule has 0 saturated carbocycles. The van der Waals surface area contributed by atoms with Gasteiger partial charge < -0.3 is 4.90 Å². The van der Waals surface area contributed by atoms with E-state index in [-0.39, 0.29) is 12.5 Å². The van der Waals surface area contributed by atoms with Crippen LogP contribution in [0, 0.1) is 26.2 Å². The number of terminal acetylenes is 1. The molecule has 2 aromatic rings. The van der Waals surface area contributed by atoms with Crippen LogP contribution in [-0.4, -0.2) is 43.9 Å². The van der Waals surface area contributed by atoms with Crippen molar-refractivity contribution in [1.82, 2.24) is 24.9 Å². The van der Waals surface area contributed by atoms with Gasteiger partial charge in [-0.25, -0.2) is 0 Å². The molecule has 0 radical (unpaired) electrons. The summed E-state index contributed by atoms with van der Waals surface area (Å²) in [6.07, 6.45) is 6.92. The fourth-order valence-electron chi connectivity index (χ4n) is 2.20. The summed E-state index contributed by atoms with van der Waals surface area (Å²) in [7, 11) is 0. The molecule has 22 heavy (non-hydrogen) atoms. The smallest absolute Gasteiger partial charge is 0.275 e. The van der Waals surface area contributed by atoms with Crippen molar-refractivity contribution >= 4 is 5.91 Å². The largest absolute Gasteiger partial charge is 0.322 e. The van der Waals surface area contributed by atoms with Crippen LogP contribution in [0.15, 0.2) is 24.8 Å². The second-order valence-corrected chi connectivity index (χ2v) is 5.04. The van der Waals surface area contributed by atoms with E-state index in [4.69, 9.17) is 6.42 Å². The average Bonchev–Trinajstić information content (AvgIpc) is 3.05. The van der Waals surface area contributed by atoms with Crippen LogP contribution in [0.3, 0.4) is 0 Å². The van der Waals surface area contributed by atoms with E-state index in [1.807, 2.05) is 24.6 Å². The molecule has 1 amide bonds. The van der Waals surface area contributed by atoms with Gasteiger partial charge in [0.05, 0.1) is 24.5 Å². The third kappa shape index (κ3) is 3.44. The minimum absolute atomic E-state index is 0.214. The molecule has 0 bridgehead atoms. The quantitative estimate of drug-likeness (QED) is 0.649. The maximum atomic E-state index is 12.3. The number of carbonyl (C=O) groups is 1. The van der Waals surface area contributed by atoms with E-state index in [2.05, 4.69) is 27.8 Å². The van der Waals surface area contributed by atoms with Crippen molar-refractivity contribution in [3.8, 4) is 12.3 Å². The van der Waals surface area contributed by atoms with Gasteiger partial charge in [-0.15, -0.1) is 13.0 Å². The maximum Gasteiger partial charge on any atom is 0.275 e. The minimum atomic E-state index is -0.214. The molecule has 2 aromatic heterocycles. The summed E-state index contributed by atoms with van der Waals surface area (Å²) in [6.45, 7) is 8.72. The Hall–Kier alpha value is -2.81. The number of aryl methyl sites for hydroxylation is 2. The predicted molar refractivity (Wildman–Crippen MR) is 84.3 cm³/mol. The minimum Gasteiger partial charge on any atom is -0.322 e. The van der Waals surface area contributed by atoms with E-state index >= 15 is 0 Å². The molecule has 2 heterocycles. The van der Waals surface area contributed by atoms with Crippen molar-refractivity contribution in [2.45, 2.75) is 20.4 Å². The van der Waals surface area contributed by atoms with Gasteiger partial charge in [0.2, 0.25) is 0 Å². The van der Waals surface area contributed by atoms with Gasteiger partial charge in [-0.2, -0.15) is 10.2 Å². The molecule has 0 spiro atoms. The number of H-pyrrole nitrogens is 1. The van der Waals surface area contributed by atoms with Crippen molar-refractivity contribution in [2.24, 2.45) is 0 Å². The Morgan fingerprint density at radius 1 is 1.55 bits per heavy atom. The summed E-state index contributed by atoms with van der Waals surface area (Å²) in [5.74, 6) is 2.25. The van der Waals surface area contributed by atoms with Gasteiger partial charge in [0.1, 0.15) is 0 Å². The molecule has 1 N–H and O–H groups in total. The van der Waals surface area contributed by atoms with Crippen molar-refractivity contribution in [3.05, 3.63) is 47.6 Å². The van der Waals surface area contributed by atoms with Gasteiger partial charge in [0.15, 0.2) is 5.69 Å². The van der Waals surface area contributed by atoms with Crippen molar-refractivity contribution in [2.75, 3.05) is 13.1 Å². The summed E-state index contributed by atoms with van der Waals surface area (Å²) < 4.78 is 1.86. The number of carbonyl (C=O) groups excluding carboxylic acids is 1. The molecule has 0 aromatic carbocycles. The molecular weight excluding hydrogens is 278 g/mol. The highest BCUT2D eigenvalue weighted by molar-refractivity contribution is 5.92. The average molecular weight is 297 g/mol. The third-order valence-corrected chi connectivity index (χ3v) is 3.19. The third-order valence-electron chi connectivity index (χ3n) is 3.19. The lowest BCUT2D eigenvalue weighted by atomic mass is 10.3. The zero-order valence-corrected chi connectivity index (χ0v) is 12.8. The maximum absolute atomic E-state index is 12.3. The summed E-state index contributed by atoms with van der Waals surface area (Å²) in [6, 6.07) is 3.73. The topological polar surface area (TPSA) is 66.8 Å². The fourth-order valence-corrected chi connectivity index (χ4v) is 2.20. The van der Waals surface area contributed by atoms with Crippen molar-refractivity contribution in [1.29, 1.82) is 0 Å². The Bertz CT molecular complexity index is 719. The molecule has 6 nitrogen and oxygen atoms in total. The first-order valence-corrected chi connectivity index (χ1v) is 6.94. The van der Waals surface area contributed by atoms with Crippen molar-refractivity contribution < 1.29 is 4.79 Å². The number of rotatable bonds is 6. The highest BCUT2D eigenvalue weighted by Gasteiger charge is 2.17. The number of aromatic amines is 1. The Balaban J connectivity index is 2.13. The normalized spacial score (nSPS) is 10.2. The highest BCUT2D eigenvalue weighted by atomic mass is 16.2. The van der Waals surface area contributed by atoms with Crippen LogP contribution in [0.4, 0.5) is 0 Å². The van der Waals surface area contributed by atoms with E-state index in [1.54, 1.807) is 12.1 Å². The SMILES string of the molecule is C#CCN(CC=C)C(=O)c1cc(Cn2nc(C)cc2C)[nH]n1. The molecule has 0 fully saturated rings. The van der Waals surface area contributed by atoms with Crippen LogP contribution in [-0.2, 0) is 6.54 Å². The zero-order chi connectivity index (χ0) is 16.1. The number of aromatic nitrogens is 4. The number of hydrogen-bond donors (Lipinski definition) is 1. The Morgan fingerprint density at radius 3 is 2.91 bits per heavy atom. The molecule has 6 heteroatoms. The summed E-state index contributed by atoms with van der Waals surface area (Å²) in [5, 5.41) is 11.3. The summed E-state index contributed by atoms with van der Waals surface area (Å²) >= 11 is 0. The van der Waals surface area contributed by atoms with Gasteiger partial charge in [0, 0.05) is 12.2 Å². The molecule has 0 aliphatic rings. The van der Waals surface area contributed by atoms with Gasteiger partial charge >= 0.3 is 0 Å². The Labute approximate surface area is 129 Å². The van der Waals surface area contributed by atoms with E-state index in [9.17, 15) is 4.79 Å². The molecule has 0 atom stereocenters. The fraction of sp³-hybridized carbons (Fsp3) is 0.312. The monoisotopic (exact) mass is 297 g/mol. The first-order chi connectivity index (χ1) is 10.5. The first-order valence-electron chi connectivity index (χ1n) is 6.94. The molecule has 114 valence electrons. The second kappa shape index (κ2) is 6.76. The van der Waals surface area contributed by atoms with E-state index < -0.39 is 0 Å². The molecule has 0 aliphatic heterocycles. The van der Waals surface area contributed by atoms with Crippen LogP contribution in [0.25, 0.3) is 0 Å². The van der Waals surface area contributed by atoms with E-state index in [0.29, 0.717) is 18.8 Å². The van der Waals surface area contributed by atoms with Crippen LogP contribution < -0.4 is 0 Å². The molecular formula is C16H19N5O. The van der Waals surface area contributed by atoms with Gasteiger partial charge in [-0.3, -0.25) is 14.6 Å². The number of hydrogen-bond acceptors (Lipinski definition) is 3. The number of amides is 1.